The van der Waals surface area contributed by atoms with Crippen LogP contribution >= 0.6 is 0 Å². The maximum absolute atomic E-state index is 12.3. The van der Waals surface area contributed by atoms with Gasteiger partial charge in [-0.05, 0) is 42.2 Å². The van der Waals surface area contributed by atoms with Gasteiger partial charge in [-0.25, -0.2) is 13.1 Å². The molecule has 25 heavy (non-hydrogen) atoms. The van der Waals surface area contributed by atoms with Gasteiger partial charge in [-0.1, -0.05) is 32.0 Å². The Morgan fingerprint density at radius 2 is 1.72 bits per heavy atom. The van der Waals surface area contributed by atoms with E-state index in [2.05, 4.69) is 18.6 Å². The van der Waals surface area contributed by atoms with Crippen molar-refractivity contribution in [2.75, 3.05) is 20.3 Å². The van der Waals surface area contributed by atoms with Gasteiger partial charge in [-0.15, -0.1) is 0 Å². The SMILES string of the molecule is COc1cccc(OCCNS(=O)(=O)c2ccc(CC(C)C)cc2)c1. The maximum atomic E-state index is 12.3. The van der Waals surface area contributed by atoms with E-state index in [1.807, 2.05) is 24.3 Å². The average molecular weight is 363 g/mol. The summed E-state index contributed by atoms with van der Waals surface area (Å²) >= 11 is 0. The molecule has 136 valence electrons. The maximum Gasteiger partial charge on any atom is 0.240 e. The van der Waals surface area contributed by atoms with Crippen LogP contribution in [0.4, 0.5) is 0 Å². The predicted molar refractivity (Wildman–Crippen MR) is 98.7 cm³/mol. The lowest BCUT2D eigenvalue weighted by Gasteiger charge is -2.10. The third kappa shape index (κ3) is 6.07. The third-order valence-electron chi connectivity index (χ3n) is 3.58. The van der Waals surface area contributed by atoms with Gasteiger partial charge in [-0.2, -0.15) is 0 Å². The molecule has 0 saturated heterocycles. The second-order valence-corrected chi connectivity index (χ2v) is 7.93. The van der Waals surface area contributed by atoms with Gasteiger partial charge in [0, 0.05) is 12.6 Å². The molecule has 0 aromatic heterocycles. The molecule has 0 unspecified atom stereocenters. The van der Waals surface area contributed by atoms with Crippen LogP contribution in [0.2, 0.25) is 0 Å². The first-order valence-corrected chi connectivity index (χ1v) is 9.74. The zero-order valence-electron chi connectivity index (χ0n) is 14.9. The van der Waals surface area contributed by atoms with Gasteiger partial charge in [0.05, 0.1) is 12.0 Å². The molecule has 0 radical (unpaired) electrons. The normalized spacial score (nSPS) is 11.5. The van der Waals surface area contributed by atoms with Crippen LogP contribution in [0.3, 0.4) is 0 Å². The molecule has 0 amide bonds. The van der Waals surface area contributed by atoms with Gasteiger partial charge in [0.1, 0.15) is 18.1 Å². The third-order valence-corrected chi connectivity index (χ3v) is 5.06. The molecule has 2 rings (SSSR count). The van der Waals surface area contributed by atoms with Gasteiger partial charge >= 0.3 is 0 Å². The summed E-state index contributed by atoms with van der Waals surface area (Å²) in [4.78, 5) is 0.265. The summed E-state index contributed by atoms with van der Waals surface area (Å²) in [5, 5.41) is 0. The highest BCUT2D eigenvalue weighted by Gasteiger charge is 2.13. The fraction of sp³-hybridized carbons (Fsp3) is 0.368. The van der Waals surface area contributed by atoms with Crippen LogP contribution in [-0.4, -0.2) is 28.7 Å². The highest BCUT2D eigenvalue weighted by atomic mass is 32.2. The molecule has 0 atom stereocenters. The zero-order chi connectivity index (χ0) is 18.3. The first kappa shape index (κ1) is 19.3. The van der Waals surface area contributed by atoms with Gasteiger partial charge < -0.3 is 9.47 Å². The van der Waals surface area contributed by atoms with Crippen molar-refractivity contribution in [3.05, 3.63) is 54.1 Å². The fourth-order valence-electron chi connectivity index (χ4n) is 2.40. The number of nitrogens with one attached hydrogen (secondary N) is 1. The van der Waals surface area contributed by atoms with E-state index < -0.39 is 10.0 Å². The van der Waals surface area contributed by atoms with Crippen molar-refractivity contribution in [1.29, 1.82) is 0 Å². The highest BCUT2D eigenvalue weighted by molar-refractivity contribution is 7.89. The summed E-state index contributed by atoms with van der Waals surface area (Å²) in [7, 11) is -1.94. The lowest BCUT2D eigenvalue weighted by atomic mass is 10.0. The summed E-state index contributed by atoms with van der Waals surface area (Å²) in [6, 6.07) is 14.2. The van der Waals surface area contributed by atoms with E-state index in [-0.39, 0.29) is 18.0 Å². The van der Waals surface area contributed by atoms with E-state index in [9.17, 15) is 8.42 Å². The number of methoxy groups -OCH3 is 1. The Balaban J connectivity index is 1.86. The van der Waals surface area contributed by atoms with E-state index in [1.165, 1.54) is 0 Å². The largest absolute Gasteiger partial charge is 0.497 e. The number of ether oxygens (including phenoxy) is 2. The van der Waals surface area contributed by atoms with E-state index >= 15 is 0 Å². The number of benzene rings is 2. The number of hydrogen-bond donors (Lipinski definition) is 1. The van der Waals surface area contributed by atoms with Crippen molar-refractivity contribution in [1.82, 2.24) is 4.72 Å². The smallest absolute Gasteiger partial charge is 0.240 e. The second-order valence-electron chi connectivity index (χ2n) is 6.17. The van der Waals surface area contributed by atoms with Gasteiger partial charge in [0.2, 0.25) is 10.0 Å². The molecular formula is C19H25NO4S. The molecule has 0 bridgehead atoms. The molecule has 0 aliphatic rings. The van der Waals surface area contributed by atoms with E-state index in [0.29, 0.717) is 17.4 Å². The van der Waals surface area contributed by atoms with Crippen molar-refractivity contribution in [2.24, 2.45) is 5.92 Å². The van der Waals surface area contributed by atoms with Crippen LogP contribution in [-0.2, 0) is 16.4 Å². The Kier molecular flexibility index (Phi) is 6.84. The number of rotatable bonds is 9. The Bertz CT molecular complexity index is 770. The van der Waals surface area contributed by atoms with Gasteiger partial charge in [0.25, 0.3) is 0 Å². The summed E-state index contributed by atoms with van der Waals surface area (Å²) in [5.41, 5.74) is 1.13. The van der Waals surface area contributed by atoms with Crippen LogP contribution in [0.1, 0.15) is 19.4 Å². The van der Waals surface area contributed by atoms with Crippen LogP contribution in [0.5, 0.6) is 11.5 Å². The predicted octanol–water partition coefficient (Wildman–Crippen LogP) is 3.25. The molecule has 0 fully saturated rings. The minimum Gasteiger partial charge on any atom is -0.497 e. The van der Waals surface area contributed by atoms with E-state index in [0.717, 1.165) is 12.0 Å². The van der Waals surface area contributed by atoms with Crippen LogP contribution < -0.4 is 14.2 Å². The number of sulfonamides is 1. The summed E-state index contributed by atoms with van der Waals surface area (Å²) in [6.45, 7) is 4.69. The highest BCUT2D eigenvalue weighted by Crippen LogP contribution is 2.18. The van der Waals surface area contributed by atoms with Gasteiger partial charge in [-0.3, -0.25) is 0 Å². The summed E-state index contributed by atoms with van der Waals surface area (Å²) in [6.07, 6.45) is 0.933. The average Bonchev–Trinajstić information content (AvgIpc) is 2.59. The standard InChI is InChI=1S/C19H25NO4S/c1-15(2)13-16-7-9-19(10-8-16)25(21,22)20-11-12-24-18-6-4-5-17(14-18)23-3/h4-10,14-15,20H,11-13H2,1-3H3. The molecule has 2 aromatic carbocycles. The fourth-order valence-corrected chi connectivity index (χ4v) is 3.41. The Hall–Kier alpha value is -2.05. The molecule has 0 saturated carbocycles. The van der Waals surface area contributed by atoms with Crippen molar-refractivity contribution >= 4 is 10.0 Å². The minimum atomic E-state index is -3.53. The topological polar surface area (TPSA) is 64.6 Å². The molecule has 6 heteroatoms. The zero-order valence-corrected chi connectivity index (χ0v) is 15.7. The van der Waals surface area contributed by atoms with Crippen LogP contribution in [0.25, 0.3) is 0 Å². The van der Waals surface area contributed by atoms with E-state index in [1.54, 1.807) is 31.4 Å². The molecule has 2 aromatic rings. The molecule has 0 heterocycles. The Labute approximate surface area is 150 Å². The van der Waals surface area contributed by atoms with Crippen LogP contribution in [0, 0.1) is 5.92 Å². The molecular weight excluding hydrogens is 338 g/mol. The molecule has 0 aliphatic heterocycles. The quantitative estimate of drug-likeness (QED) is 0.695. The van der Waals surface area contributed by atoms with Crippen molar-refractivity contribution in [3.8, 4) is 11.5 Å². The first-order chi connectivity index (χ1) is 11.9. The van der Waals surface area contributed by atoms with Crippen molar-refractivity contribution in [3.63, 3.8) is 0 Å². The Morgan fingerprint density at radius 3 is 2.36 bits per heavy atom. The van der Waals surface area contributed by atoms with Crippen LogP contribution in [0.15, 0.2) is 53.4 Å². The monoisotopic (exact) mass is 363 g/mol. The van der Waals surface area contributed by atoms with Crippen molar-refractivity contribution in [2.45, 2.75) is 25.2 Å². The molecule has 5 nitrogen and oxygen atoms in total. The molecule has 1 N–H and O–H groups in total. The van der Waals surface area contributed by atoms with E-state index in [4.69, 9.17) is 9.47 Å². The summed E-state index contributed by atoms with van der Waals surface area (Å²) in [5.74, 6) is 1.87. The Morgan fingerprint density at radius 1 is 1.04 bits per heavy atom. The summed E-state index contributed by atoms with van der Waals surface area (Å²) < 4.78 is 37.8. The second kappa shape index (κ2) is 8.87. The van der Waals surface area contributed by atoms with Crippen molar-refractivity contribution < 1.29 is 17.9 Å². The molecule has 0 aliphatic carbocycles. The lowest BCUT2D eigenvalue weighted by Crippen LogP contribution is -2.28. The first-order valence-electron chi connectivity index (χ1n) is 8.26. The minimum absolute atomic E-state index is 0.188. The lowest BCUT2D eigenvalue weighted by molar-refractivity contribution is 0.320. The molecule has 0 spiro atoms. The number of hydrogen-bond acceptors (Lipinski definition) is 4. The van der Waals surface area contributed by atoms with Gasteiger partial charge in [0.15, 0.2) is 0 Å².